The zero-order valence-electron chi connectivity index (χ0n) is 21.8. The van der Waals surface area contributed by atoms with Crippen molar-refractivity contribution in [1.82, 2.24) is 5.32 Å². The summed E-state index contributed by atoms with van der Waals surface area (Å²) < 4.78 is 59.2. The molecule has 0 bridgehead atoms. The lowest BCUT2D eigenvalue weighted by atomic mass is 9.92. The summed E-state index contributed by atoms with van der Waals surface area (Å²) in [5, 5.41) is 2.66. The van der Waals surface area contributed by atoms with Gasteiger partial charge in [-0.1, -0.05) is 72.8 Å². The van der Waals surface area contributed by atoms with E-state index in [4.69, 9.17) is 25.8 Å². The maximum atomic E-state index is 14.5. The molecule has 2 aromatic rings. The van der Waals surface area contributed by atoms with Gasteiger partial charge in [-0.3, -0.25) is 0 Å². The number of alkyl carbamates (subject to hydrolysis) is 1. The SMILES string of the molecule is C=C(CCl)C[C@H](OC(=O)[C@@](OC)(c1ccccc1)C(F)(F)F)[C@H](Cc1ccccc1)NC(=O)OC(C)(C)C. The van der Waals surface area contributed by atoms with E-state index in [1.54, 1.807) is 51.1 Å². The average molecular weight is 556 g/mol. The van der Waals surface area contributed by atoms with Crippen molar-refractivity contribution in [2.45, 2.75) is 63.1 Å². The fourth-order valence-electron chi connectivity index (χ4n) is 3.81. The van der Waals surface area contributed by atoms with Crippen LogP contribution < -0.4 is 5.32 Å². The molecule has 0 radical (unpaired) electrons. The van der Waals surface area contributed by atoms with Crippen LogP contribution in [0.4, 0.5) is 18.0 Å². The fraction of sp³-hybridized carbons (Fsp3) is 0.429. The Hall–Kier alpha value is -3.04. The summed E-state index contributed by atoms with van der Waals surface area (Å²) in [4.78, 5) is 26.1. The number of carbonyl (C=O) groups excluding carboxylic acids is 2. The van der Waals surface area contributed by atoms with Gasteiger partial charge >= 0.3 is 18.2 Å². The maximum absolute atomic E-state index is 14.5. The van der Waals surface area contributed by atoms with Crippen LogP contribution in [0.25, 0.3) is 0 Å². The maximum Gasteiger partial charge on any atom is 0.432 e. The van der Waals surface area contributed by atoms with Gasteiger partial charge in [0.05, 0.1) is 6.04 Å². The Labute approximate surface area is 226 Å². The topological polar surface area (TPSA) is 73.9 Å². The molecule has 3 atom stereocenters. The fourth-order valence-corrected chi connectivity index (χ4v) is 3.92. The van der Waals surface area contributed by atoms with Crippen LogP contribution in [0.3, 0.4) is 0 Å². The van der Waals surface area contributed by atoms with E-state index in [0.29, 0.717) is 5.57 Å². The highest BCUT2D eigenvalue weighted by atomic mass is 35.5. The molecule has 0 aliphatic rings. The molecule has 208 valence electrons. The number of nitrogens with one attached hydrogen (secondary N) is 1. The van der Waals surface area contributed by atoms with Gasteiger partial charge in [0.25, 0.3) is 5.60 Å². The van der Waals surface area contributed by atoms with Crippen molar-refractivity contribution in [3.05, 3.63) is 83.9 Å². The monoisotopic (exact) mass is 555 g/mol. The third kappa shape index (κ3) is 8.23. The van der Waals surface area contributed by atoms with Gasteiger partial charge in [0, 0.05) is 25.0 Å². The molecule has 2 rings (SSSR count). The smallest absolute Gasteiger partial charge is 0.432 e. The van der Waals surface area contributed by atoms with Gasteiger partial charge in [-0.15, -0.1) is 11.6 Å². The molecular formula is C28H33ClF3NO5. The molecule has 10 heteroatoms. The number of methoxy groups -OCH3 is 1. The zero-order valence-corrected chi connectivity index (χ0v) is 22.6. The minimum atomic E-state index is -5.16. The second-order valence-corrected chi connectivity index (χ2v) is 9.99. The van der Waals surface area contributed by atoms with E-state index in [0.717, 1.165) is 24.8 Å². The molecule has 0 saturated heterocycles. The molecule has 0 aliphatic heterocycles. The van der Waals surface area contributed by atoms with Gasteiger partial charge < -0.3 is 19.5 Å². The highest BCUT2D eigenvalue weighted by Gasteiger charge is 2.64. The molecule has 0 heterocycles. The lowest BCUT2D eigenvalue weighted by molar-refractivity contribution is -0.278. The lowest BCUT2D eigenvalue weighted by Crippen LogP contribution is -2.55. The van der Waals surface area contributed by atoms with Crippen molar-refractivity contribution >= 4 is 23.7 Å². The third-order valence-corrected chi connectivity index (χ3v) is 5.94. The van der Waals surface area contributed by atoms with Crippen LogP contribution in [-0.4, -0.2) is 49.0 Å². The largest absolute Gasteiger partial charge is 0.457 e. The van der Waals surface area contributed by atoms with Crippen LogP contribution in [0, 0.1) is 0 Å². The number of hydrogen-bond donors (Lipinski definition) is 1. The molecule has 0 saturated carbocycles. The molecule has 0 fully saturated rings. The Morgan fingerprint density at radius 3 is 2.03 bits per heavy atom. The molecule has 0 unspecified atom stereocenters. The van der Waals surface area contributed by atoms with Gasteiger partial charge in [0.15, 0.2) is 0 Å². The molecule has 1 amide bonds. The lowest BCUT2D eigenvalue weighted by Gasteiger charge is -2.36. The van der Waals surface area contributed by atoms with E-state index in [2.05, 4.69) is 11.9 Å². The summed E-state index contributed by atoms with van der Waals surface area (Å²) in [6, 6.07) is 14.4. The van der Waals surface area contributed by atoms with Crippen molar-refractivity contribution < 1.29 is 37.0 Å². The Bertz CT molecular complexity index is 1070. The second kappa shape index (κ2) is 13.2. The Morgan fingerprint density at radius 1 is 1.00 bits per heavy atom. The number of hydrogen-bond acceptors (Lipinski definition) is 5. The van der Waals surface area contributed by atoms with E-state index >= 15 is 0 Å². The highest BCUT2D eigenvalue weighted by molar-refractivity contribution is 6.19. The number of amides is 1. The molecular weight excluding hydrogens is 523 g/mol. The number of benzene rings is 2. The molecule has 2 aromatic carbocycles. The van der Waals surface area contributed by atoms with Gasteiger partial charge in [0.2, 0.25) is 0 Å². The highest BCUT2D eigenvalue weighted by Crippen LogP contribution is 2.43. The number of alkyl halides is 4. The summed E-state index contributed by atoms with van der Waals surface area (Å²) in [5.74, 6) is -1.72. The van der Waals surface area contributed by atoms with Crippen molar-refractivity contribution in [1.29, 1.82) is 0 Å². The van der Waals surface area contributed by atoms with Gasteiger partial charge in [-0.2, -0.15) is 13.2 Å². The zero-order chi connectivity index (χ0) is 28.6. The van der Waals surface area contributed by atoms with Crippen LogP contribution in [0.2, 0.25) is 0 Å². The van der Waals surface area contributed by atoms with E-state index in [-0.39, 0.29) is 18.7 Å². The van der Waals surface area contributed by atoms with Gasteiger partial charge in [-0.05, 0) is 32.8 Å². The van der Waals surface area contributed by atoms with Crippen LogP contribution in [0.15, 0.2) is 72.8 Å². The third-order valence-electron chi connectivity index (χ3n) is 5.56. The molecule has 0 spiro atoms. The summed E-state index contributed by atoms with van der Waals surface area (Å²) in [7, 11) is 0.787. The van der Waals surface area contributed by atoms with E-state index in [1.807, 2.05) is 0 Å². The van der Waals surface area contributed by atoms with Crippen LogP contribution >= 0.6 is 11.6 Å². The normalized spacial score (nSPS) is 15.1. The number of esters is 1. The first kappa shape index (κ1) is 31.2. The average Bonchev–Trinajstić information content (AvgIpc) is 2.83. The van der Waals surface area contributed by atoms with Crippen molar-refractivity contribution in [2.24, 2.45) is 0 Å². The van der Waals surface area contributed by atoms with Crippen LogP contribution in [-0.2, 0) is 31.0 Å². The van der Waals surface area contributed by atoms with E-state index in [1.165, 1.54) is 18.2 Å². The van der Waals surface area contributed by atoms with Gasteiger partial charge in [0.1, 0.15) is 11.7 Å². The number of halogens is 4. The van der Waals surface area contributed by atoms with Crippen LogP contribution in [0.1, 0.15) is 38.3 Å². The Kier molecular flexibility index (Phi) is 10.8. The summed E-state index contributed by atoms with van der Waals surface area (Å²) in [6.45, 7) is 8.82. The first-order valence-corrected chi connectivity index (χ1v) is 12.4. The summed E-state index contributed by atoms with van der Waals surface area (Å²) >= 11 is 5.92. The Balaban J connectivity index is 2.53. The Morgan fingerprint density at radius 2 is 1.55 bits per heavy atom. The van der Waals surface area contributed by atoms with Crippen molar-refractivity contribution in [3.8, 4) is 0 Å². The first-order valence-electron chi connectivity index (χ1n) is 11.9. The minimum absolute atomic E-state index is 0.0358. The second-order valence-electron chi connectivity index (χ2n) is 9.72. The summed E-state index contributed by atoms with van der Waals surface area (Å²) in [5.41, 5.74) is -3.57. The predicted octanol–water partition coefficient (Wildman–Crippen LogP) is 6.32. The predicted molar refractivity (Wildman–Crippen MR) is 139 cm³/mol. The molecule has 0 aromatic heterocycles. The number of rotatable bonds is 11. The van der Waals surface area contributed by atoms with E-state index < -0.39 is 47.2 Å². The minimum Gasteiger partial charge on any atom is -0.457 e. The van der Waals surface area contributed by atoms with Gasteiger partial charge in [-0.25, -0.2) is 9.59 Å². The molecule has 6 nitrogen and oxygen atoms in total. The summed E-state index contributed by atoms with van der Waals surface area (Å²) in [6.07, 6.45) is -7.28. The molecule has 1 N–H and O–H groups in total. The number of ether oxygens (including phenoxy) is 3. The van der Waals surface area contributed by atoms with Crippen molar-refractivity contribution in [3.63, 3.8) is 0 Å². The first-order chi connectivity index (χ1) is 17.7. The van der Waals surface area contributed by atoms with Crippen molar-refractivity contribution in [2.75, 3.05) is 13.0 Å². The van der Waals surface area contributed by atoms with Crippen LogP contribution in [0.5, 0.6) is 0 Å². The standard InChI is InChI=1S/C28H33ClF3NO5/c1-19(18-29)16-23(22(17-20-12-8-6-9-13-20)33-25(35)38-26(2,3)4)37-24(34)27(36-5,28(30,31)32)21-14-10-7-11-15-21/h6-15,22-23H,1,16-18H2,2-5H3,(H,33,35)/t22-,23-,27-/m0/s1. The molecule has 38 heavy (non-hydrogen) atoms. The molecule has 0 aliphatic carbocycles. The van der Waals surface area contributed by atoms with E-state index in [9.17, 15) is 22.8 Å². The number of carbonyl (C=O) groups is 2. The quantitative estimate of drug-likeness (QED) is 0.199.